The highest BCUT2D eigenvalue weighted by Crippen LogP contribution is 2.16. The number of para-hydroxylation sites is 1. The van der Waals surface area contributed by atoms with Crippen LogP contribution in [0.1, 0.15) is 28.4 Å². The second-order valence-corrected chi connectivity index (χ2v) is 5.60. The van der Waals surface area contributed by atoms with Crippen LogP contribution in [-0.4, -0.2) is 25.0 Å². The van der Waals surface area contributed by atoms with Crippen molar-refractivity contribution in [1.29, 1.82) is 0 Å². The van der Waals surface area contributed by atoms with Crippen molar-refractivity contribution in [3.8, 4) is 0 Å². The fourth-order valence-corrected chi connectivity index (χ4v) is 2.37. The maximum atomic E-state index is 12.4. The van der Waals surface area contributed by atoms with E-state index in [2.05, 4.69) is 0 Å². The summed E-state index contributed by atoms with van der Waals surface area (Å²) in [5, 5.41) is 0. The van der Waals surface area contributed by atoms with Gasteiger partial charge in [0.05, 0.1) is 5.56 Å². The van der Waals surface area contributed by atoms with Crippen molar-refractivity contribution in [1.82, 2.24) is 0 Å². The van der Waals surface area contributed by atoms with Gasteiger partial charge in [0.25, 0.3) is 5.91 Å². The van der Waals surface area contributed by atoms with Crippen molar-refractivity contribution in [2.24, 2.45) is 0 Å². The lowest BCUT2D eigenvalue weighted by Gasteiger charge is -2.21. The van der Waals surface area contributed by atoms with E-state index in [1.807, 2.05) is 56.3 Å². The average Bonchev–Trinajstić information content (AvgIpc) is 2.54. The summed E-state index contributed by atoms with van der Waals surface area (Å²) >= 11 is 0. The zero-order valence-corrected chi connectivity index (χ0v) is 13.9. The highest BCUT2D eigenvalue weighted by molar-refractivity contribution is 5.99. The molecule has 0 aliphatic carbocycles. The van der Waals surface area contributed by atoms with Crippen LogP contribution >= 0.6 is 0 Å². The second kappa shape index (κ2) is 7.09. The largest absolute Gasteiger partial charge is 0.449 e. The minimum Gasteiger partial charge on any atom is -0.449 e. The van der Waals surface area contributed by atoms with E-state index < -0.39 is 12.1 Å². The van der Waals surface area contributed by atoms with Crippen molar-refractivity contribution in [2.45, 2.75) is 26.9 Å². The molecule has 0 bridgehead atoms. The van der Waals surface area contributed by atoms with E-state index in [0.29, 0.717) is 5.56 Å². The van der Waals surface area contributed by atoms with E-state index >= 15 is 0 Å². The minimum absolute atomic E-state index is 0.269. The first kappa shape index (κ1) is 16.7. The van der Waals surface area contributed by atoms with Crippen LogP contribution in [0.4, 0.5) is 5.69 Å². The number of amides is 1. The SMILES string of the molecule is Cc1ccc(C(=O)OC(C)C(=O)N(C)c2ccccc2)c(C)c1. The summed E-state index contributed by atoms with van der Waals surface area (Å²) in [5.74, 6) is -0.751. The molecule has 1 atom stereocenters. The molecule has 23 heavy (non-hydrogen) atoms. The molecule has 4 heteroatoms. The molecule has 0 spiro atoms. The first-order chi connectivity index (χ1) is 10.9. The van der Waals surface area contributed by atoms with Crippen molar-refractivity contribution in [3.63, 3.8) is 0 Å². The van der Waals surface area contributed by atoms with Gasteiger partial charge in [-0.3, -0.25) is 4.79 Å². The molecule has 1 unspecified atom stereocenters. The Morgan fingerprint density at radius 1 is 1.04 bits per heavy atom. The summed E-state index contributed by atoms with van der Waals surface area (Å²) < 4.78 is 5.33. The second-order valence-electron chi connectivity index (χ2n) is 5.60. The van der Waals surface area contributed by atoms with Gasteiger partial charge in [0.15, 0.2) is 6.10 Å². The van der Waals surface area contributed by atoms with Crippen LogP contribution in [0.5, 0.6) is 0 Å². The number of anilines is 1. The number of ether oxygens (including phenoxy) is 1. The average molecular weight is 311 g/mol. The normalized spacial score (nSPS) is 11.7. The van der Waals surface area contributed by atoms with Crippen molar-refractivity contribution in [3.05, 3.63) is 65.2 Å². The summed E-state index contributed by atoms with van der Waals surface area (Å²) in [7, 11) is 1.67. The molecule has 0 heterocycles. The fraction of sp³-hybridized carbons (Fsp3) is 0.263. The zero-order chi connectivity index (χ0) is 17.0. The Labute approximate surface area is 136 Å². The molecule has 0 fully saturated rings. The maximum absolute atomic E-state index is 12.4. The molecule has 4 nitrogen and oxygen atoms in total. The molecule has 1 amide bonds. The summed E-state index contributed by atoms with van der Waals surface area (Å²) in [4.78, 5) is 26.1. The molecule has 0 N–H and O–H groups in total. The Bertz CT molecular complexity index is 710. The third kappa shape index (κ3) is 3.97. The van der Waals surface area contributed by atoms with Gasteiger partial charge in [-0.25, -0.2) is 4.79 Å². The highest BCUT2D eigenvalue weighted by Gasteiger charge is 2.23. The molecule has 0 aromatic heterocycles. The monoisotopic (exact) mass is 311 g/mol. The Kier molecular flexibility index (Phi) is 5.16. The number of aryl methyl sites for hydroxylation is 2. The number of hydrogen-bond acceptors (Lipinski definition) is 3. The Hall–Kier alpha value is -2.62. The molecule has 2 rings (SSSR count). The Morgan fingerprint density at radius 3 is 2.30 bits per heavy atom. The summed E-state index contributed by atoms with van der Waals surface area (Å²) in [6.07, 6.45) is -0.853. The van der Waals surface area contributed by atoms with Crippen LogP contribution < -0.4 is 4.90 Å². The predicted molar refractivity (Wildman–Crippen MR) is 90.6 cm³/mol. The quantitative estimate of drug-likeness (QED) is 0.812. The molecule has 0 aliphatic heterocycles. The van der Waals surface area contributed by atoms with E-state index in [4.69, 9.17) is 4.74 Å². The Morgan fingerprint density at radius 2 is 1.70 bits per heavy atom. The number of rotatable bonds is 4. The summed E-state index contributed by atoms with van der Waals surface area (Å²) in [6, 6.07) is 14.7. The lowest BCUT2D eigenvalue weighted by molar-refractivity contribution is -0.126. The van der Waals surface area contributed by atoms with E-state index in [1.165, 1.54) is 4.90 Å². The topological polar surface area (TPSA) is 46.6 Å². The molecular formula is C19H21NO3. The van der Waals surface area contributed by atoms with Crippen LogP contribution in [-0.2, 0) is 9.53 Å². The van der Waals surface area contributed by atoms with Gasteiger partial charge in [0.1, 0.15) is 0 Å². The van der Waals surface area contributed by atoms with E-state index in [1.54, 1.807) is 20.0 Å². The predicted octanol–water partition coefficient (Wildman–Crippen LogP) is 3.51. The van der Waals surface area contributed by atoms with Gasteiger partial charge < -0.3 is 9.64 Å². The molecule has 2 aromatic carbocycles. The van der Waals surface area contributed by atoms with E-state index in [-0.39, 0.29) is 5.91 Å². The summed E-state index contributed by atoms with van der Waals surface area (Å²) in [6.45, 7) is 5.40. The van der Waals surface area contributed by atoms with Crippen LogP contribution in [0.15, 0.2) is 48.5 Å². The number of benzene rings is 2. The molecule has 0 saturated carbocycles. The van der Waals surface area contributed by atoms with Crippen molar-refractivity contribution in [2.75, 3.05) is 11.9 Å². The minimum atomic E-state index is -0.853. The number of likely N-dealkylation sites (N-methyl/N-ethyl adjacent to an activating group) is 1. The number of carbonyl (C=O) groups excluding carboxylic acids is 2. The molecule has 0 saturated heterocycles. The van der Waals surface area contributed by atoms with E-state index in [9.17, 15) is 9.59 Å². The fourth-order valence-electron chi connectivity index (χ4n) is 2.37. The van der Waals surface area contributed by atoms with Crippen LogP contribution in [0.25, 0.3) is 0 Å². The van der Waals surface area contributed by atoms with Crippen LogP contribution in [0.3, 0.4) is 0 Å². The zero-order valence-electron chi connectivity index (χ0n) is 13.9. The van der Waals surface area contributed by atoms with Gasteiger partial charge in [-0.15, -0.1) is 0 Å². The highest BCUT2D eigenvalue weighted by atomic mass is 16.5. The molecular weight excluding hydrogens is 290 g/mol. The summed E-state index contributed by atoms with van der Waals surface area (Å²) in [5.41, 5.74) is 3.16. The maximum Gasteiger partial charge on any atom is 0.339 e. The lowest BCUT2D eigenvalue weighted by Crippen LogP contribution is -2.37. The molecule has 0 aliphatic rings. The number of carbonyl (C=O) groups is 2. The van der Waals surface area contributed by atoms with Gasteiger partial charge in [0, 0.05) is 12.7 Å². The van der Waals surface area contributed by atoms with Gasteiger partial charge in [-0.2, -0.15) is 0 Å². The van der Waals surface area contributed by atoms with Gasteiger partial charge in [-0.05, 0) is 44.5 Å². The first-order valence-corrected chi connectivity index (χ1v) is 7.51. The van der Waals surface area contributed by atoms with Crippen LogP contribution in [0.2, 0.25) is 0 Å². The third-order valence-corrected chi connectivity index (χ3v) is 3.71. The third-order valence-electron chi connectivity index (χ3n) is 3.71. The first-order valence-electron chi connectivity index (χ1n) is 7.51. The number of esters is 1. The smallest absolute Gasteiger partial charge is 0.339 e. The standard InChI is InChI=1S/C19H21NO3/c1-13-10-11-17(14(2)12-13)19(22)23-15(3)18(21)20(4)16-8-6-5-7-9-16/h5-12,15H,1-4H3. The van der Waals surface area contributed by atoms with Crippen molar-refractivity contribution < 1.29 is 14.3 Å². The van der Waals surface area contributed by atoms with E-state index in [0.717, 1.165) is 16.8 Å². The van der Waals surface area contributed by atoms with Crippen molar-refractivity contribution >= 4 is 17.6 Å². The van der Waals surface area contributed by atoms with Gasteiger partial charge >= 0.3 is 5.97 Å². The Balaban J connectivity index is 2.07. The number of hydrogen-bond donors (Lipinski definition) is 0. The lowest BCUT2D eigenvalue weighted by atomic mass is 10.1. The molecule has 120 valence electrons. The number of nitrogens with zero attached hydrogens (tertiary/aromatic N) is 1. The molecule has 2 aromatic rings. The van der Waals surface area contributed by atoms with Gasteiger partial charge in [0.2, 0.25) is 0 Å². The van der Waals surface area contributed by atoms with Gasteiger partial charge in [-0.1, -0.05) is 35.9 Å². The van der Waals surface area contributed by atoms with Crippen LogP contribution in [0, 0.1) is 13.8 Å². The molecule has 0 radical (unpaired) electrons.